The summed E-state index contributed by atoms with van der Waals surface area (Å²) < 4.78 is 26.1. The lowest BCUT2D eigenvalue weighted by Gasteiger charge is -2.37. The van der Waals surface area contributed by atoms with Gasteiger partial charge in [0.2, 0.25) is 0 Å². The monoisotopic (exact) mass is 1230 g/mol. The van der Waals surface area contributed by atoms with Crippen LogP contribution in [0.5, 0.6) is 0 Å². The van der Waals surface area contributed by atoms with Gasteiger partial charge in [-0.3, -0.25) is 0 Å². The van der Waals surface area contributed by atoms with Crippen LogP contribution in [0.2, 0.25) is 0 Å². The molecule has 0 N–H and O–H groups in total. The minimum atomic E-state index is -0.245. The van der Waals surface area contributed by atoms with E-state index < -0.39 is 0 Å². The van der Waals surface area contributed by atoms with E-state index in [4.69, 9.17) is 18.9 Å². The van der Waals surface area contributed by atoms with E-state index in [0.717, 1.165) is 159 Å². The van der Waals surface area contributed by atoms with Crippen molar-refractivity contribution in [3.63, 3.8) is 0 Å². The van der Waals surface area contributed by atoms with Gasteiger partial charge < -0.3 is 36.9 Å². The molecule has 12 heteroatoms. The molecule has 0 spiro atoms. The number of carbonyl (C=O) groups excluding carboxylic acids is 4. The van der Waals surface area contributed by atoms with E-state index in [9.17, 15) is 19.2 Å². The van der Waals surface area contributed by atoms with Crippen LogP contribution in [0.15, 0.2) is 170 Å². The number of benzene rings is 8. The summed E-state index contributed by atoms with van der Waals surface area (Å²) in [6.07, 6.45) is 5.91. The molecule has 8 aromatic rings. The minimum absolute atomic E-state index is 0.210. The zero-order chi connectivity index (χ0) is 65.4. The number of hydrogen-bond donors (Lipinski definition) is 0. The summed E-state index contributed by atoms with van der Waals surface area (Å²) in [6, 6.07) is 54.7. The Bertz CT molecular complexity index is 3440. The molecule has 0 fully saturated rings. The molecule has 8 aromatic carbocycles. The first-order chi connectivity index (χ1) is 43.4. The van der Waals surface area contributed by atoms with Gasteiger partial charge in [-0.15, -0.1) is 0 Å². The summed E-state index contributed by atoms with van der Waals surface area (Å²) in [7, 11) is 6.23. The highest BCUT2D eigenvalue weighted by Gasteiger charge is 2.27. The zero-order valence-corrected chi connectivity index (χ0v) is 56.8. The first-order valence-corrected chi connectivity index (χ1v) is 33.4. The molecule has 0 aliphatic rings. The van der Waals surface area contributed by atoms with Crippen molar-refractivity contribution < 1.29 is 56.1 Å². The second kappa shape index (κ2) is 37.6. The van der Waals surface area contributed by atoms with Gasteiger partial charge in [-0.05, 0) is 128 Å². The maximum Gasteiger partial charge on any atom is 0.338 e. The summed E-state index contributed by atoms with van der Waals surface area (Å²) in [5.74, 6) is -0.893. The lowest BCUT2D eigenvalue weighted by atomic mass is 10.1. The molecule has 0 amide bonds. The molecule has 0 aliphatic heterocycles. The van der Waals surface area contributed by atoms with Crippen LogP contribution in [0, 0.1) is 0 Å². The number of unbranched alkanes of at least 4 members (excludes halogenated alkanes) is 1. The Hall–Kier alpha value is -7.48. The van der Waals surface area contributed by atoms with Crippen molar-refractivity contribution in [3.8, 4) is 0 Å². The number of fused-ring (bicyclic) bond motifs is 4. The van der Waals surface area contributed by atoms with Crippen LogP contribution in [0.1, 0.15) is 136 Å². The molecule has 0 saturated heterocycles. The lowest BCUT2D eigenvalue weighted by Crippen LogP contribution is -2.51. The van der Waals surface area contributed by atoms with E-state index in [1.807, 2.05) is 170 Å². The van der Waals surface area contributed by atoms with Crippen LogP contribution in [0.3, 0.4) is 0 Å². The Kier molecular flexibility index (Phi) is 30.6. The fraction of sp³-hybridized carbons (Fsp3) is 0.436. The van der Waals surface area contributed by atoms with Gasteiger partial charge in [0.25, 0.3) is 0 Å². The van der Waals surface area contributed by atoms with Crippen LogP contribution >= 0.6 is 0 Å². The van der Waals surface area contributed by atoms with E-state index in [0.29, 0.717) is 48.7 Å². The number of carbonyl (C=O) groups is 4. The Labute approximate surface area is 539 Å². The Morgan fingerprint density at radius 2 is 0.522 bits per heavy atom. The molecule has 8 rings (SSSR count). The van der Waals surface area contributed by atoms with Gasteiger partial charge in [0.15, 0.2) is 0 Å². The Morgan fingerprint density at radius 1 is 0.278 bits per heavy atom. The van der Waals surface area contributed by atoms with Gasteiger partial charge in [-0.25, -0.2) is 19.2 Å². The zero-order valence-electron chi connectivity index (χ0n) is 56.8. The standard InChI is InChI=1S/C22H32NO2.C21H30NO2.C19H26NO2.C16H20NO2/c1-4-7-16-23(6-3,15-5-2)17-18-25-22(24)21-14-10-12-19-11-8-9-13-20(19)21;1-4-14-22(6-3,15-5-2)16-17-24-21(23)20-13-9-11-18-10-7-8-12-19(18)20;1-4-20(5-2,6-3)14-15-22-19(21)18-13-9-11-16-10-7-8-12-17(16)18;1-17(2,3)11-12-19-16(18)15-10-6-8-13-7-4-5-9-14(13)15/h8-14H,4-7,15-18H2,1-3H3;7-13H,4-6,14-17H2,1-3H3;7-13H,4-6,14-15H2,1-3H3;4-10H,11-12H2,1-3H3/q4*+1. The highest BCUT2D eigenvalue weighted by Crippen LogP contribution is 2.24. The molecule has 1 unspecified atom stereocenters. The predicted octanol–water partition coefficient (Wildman–Crippen LogP) is 16.3. The van der Waals surface area contributed by atoms with Crippen molar-refractivity contribution in [2.75, 3.05) is 133 Å². The van der Waals surface area contributed by atoms with E-state index in [2.05, 4.69) is 83.5 Å². The van der Waals surface area contributed by atoms with Crippen molar-refractivity contribution in [3.05, 3.63) is 192 Å². The normalized spacial score (nSPS) is 12.1. The maximum atomic E-state index is 12.6. The van der Waals surface area contributed by atoms with Crippen molar-refractivity contribution in [1.29, 1.82) is 0 Å². The summed E-state index contributed by atoms with van der Waals surface area (Å²) in [5.41, 5.74) is 2.62. The average molecular weight is 1230 g/mol. The fourth-order valence-electron chi connectivity index (χ4n) is 12.0. The molecule has 0 heterocycles. The maximum absolute atomic E-state index is 12.6. The van der Waals surface area contributed by atoms with Crippen molar-refractivity contribution in [1.82, 2.24) is 0 Å². The molecule has 0 bridgehead atoms. The van der Waals surface area contributed by atoms with Gasteiger partial charge in [0, 0.05) is 0 Å². The smallest absolute Gasteiger partial charge is 0.338 e. The first kappa shape index (κ1) is 73.3. The van der Waals surface area contributed by atoms with Crippen LogP contribution < -0.4 is 0 Å². The highest BCUT2D eigenvalue weighted by atomic mass is 16.5. The molecular weight excluding hydrogens is 1120 g/mol. The number of nitrogens with zero attached hydrogens (tertiary/aromatic N) is 4. The lowest BCUT2D eigenvalue weighted by molar-refractivity contribution is -0.926. The molecule has 484 valence electrons. The minimum Gasteiger partial charge on any atom is -0.456 e. The van der Waals surface area contributed by atoms with E-state index in [1.165, 1.54) is 19.4 Å². The number of esters is 4. The molecule has 0 radical (unpaired) electrons. The third kappa shape index (κ3) is 21.9. The van der Waals surface area contributed by atoms with Crippen LogP contribution in [0.4, 0.5) is 0 Å². The second-order valence-corrected chi connectivity index (χ2v) is 24.7. The number of rotatable bonds is 30. The quantitative estimate of drug-likeness (QED) is 0.0249. The Morgan fingerprint density at radius 3 is 0.778 bits per heavy atom. The summed E-state index contributed by atoms with van der Waals surface area (Å²) in [5, 5.41) is 8.10. The average Bonchev–Trinajstić information content (AvgIpc) is 1.37. The van der Waals surface area contributed by atoms with Crippen LogP contribution in [-0.2, 0) is 18.9 Å². The topological polar surface area (TPSA) is 105 Å². The van der Waals surface area contributed by atoms with E-state index >= 15 is 0 Å². The molecule has 0 aliphatic carbocycles. The highest BCUT2D eigenvalue weighted by molar-refractivity contribution is 6.07. The molecule has 12 nitrogen and oxygen atoms in total. The van der Waals surface area contributed by atoms with Crippen LogP contribution in [0.25, 0.3) is 43.1 Å². The third-order valence-corrected chi connectivity index (χ3v) is 17.9. The van der Waals surface area contributed by atoms with E-state index in [-0.39, 0.29) is 23.9 Å². The van der Waals surface area contributed by atoms with Crippen molar-refractivity contribution >= 4 is 67.0 Å². The first-order valence-electron chi connectivity index (χ1n) is 33.4. The second-order valence-electron chi connectivity index (χ2n) is 24.7. The van der Waals surface area contributed by atoms with Gasteiger partial charge >= 0.3 is 23.9 Å². The molecule has 0 saturated carbocycles. The molecule has 1 atom stereocenters. The SMILES string of the molecule is CCCC[N+](CC)(CCC)CCOC(=O)c1cccc2ccccc12.CCC[N+](CC)(CCC)CCOC(=O)c1cccc2ccccc12.CC[N+](CC)(CC)CCOC(=O)c1cccc2ccccc12.C[N+](C)(C)CCOC(=O)c1cccc2ccccc12. The summed E-state index contributed by atoms with van der Waals surface area (Å²) >= 11 is 0. The number of ether oxygens (including phenoxy) is 4. The number of quaternary nitrogens is 4. The summed E-state index contributed by atoms with van der Waals surface area (Å²) in [6.45, 7) is 35.3. The molecule has 0 aromatic heterocycles. The fourth-order valence-corrected chi connectivity index (χ4v) is 12.0. The molecular formula is C78H108N4O8+4. The van der Waals surface area contributed by atoms with Gasteiger partial charge in [0.05, 0.1) is 102 Å². The third-order valence-electron chi connectivity index (χ3n) is 17.9. The van der Waals surface area contributed by atoms with Crippen molar-refractivity contribution in [2.24, 2.45) is 0 Å². The van der Waals surface area contributed by atoms with Crippen LogP contribution in [-0.4, -0.2) is 174 Å². The summed E-state index contributed by atoms with van der Waals surface area (Å²) in [4.78, 5) is 49.6. The van der Waals surface area contributed by atoms with Gasteiger partial charge in [-0.2, -0.15) is 0 Å². The molecule has 90 heavy (non-hydrogen) atoms. The number of hydrogen-bond acceptors (Lipinski definition) is 8. The van der Waals surface area contributed by atoms with E-state index in [1.54, 1.807) is 0 Å². The van der Waals surface area contributed by atoms with Crippen molar-refractivity contribution in [2.45, 2.75) is 94.4 Å². The number of likely N-dealkylation sites (N-methyl/N-ethyl adjacent to an activating group) is 4. The Balaban J connectivity index is 0.000000219. The van der Waals surface area contributed by atoms with Gasteiger partial charge in [0.1, 0.15) is 52.6 Å². The predicted molar refractivity (Wildman–Crippen MR) is 373 cm³/mol. The largest absolute Gasteiger partial charge is 0.456 e. The van der Waals surface area contributed by atoms with Gasteiger partial charge in [-0.1, -0.05) is 180 Å².